The maximum Gasteiger partial charge on any atom is 0.0273 e. The van der Waals surface area contributed by atoms with Gasteiger partial charge in [0, 0.05) is 12.4 Å². The summed E-state index contributed by atoms with van der Waals surface area (Å²) in [6.45, 7) is 0. The van der Waals surface area contributed by atoms with E-state index in [0.717, 1.165) is 0 Å². The Bertz CT molecular complexity index is 1870. The molecule has 178 valence electrons. The van der Waals surface area contributed by atoms with Gasteiger partial charge in [0.15, 0.2) is 0 Å². The molecule has 7 rings (SSSR count). The van der Waals surface area contributed by atoms with Gasteiger partial charge in [-0.1, -0.05) is 121 Å². The van der Waals surface area contributed by atoms with E-state index < -0.39 is 0 Å². The molecule has 0 fully saturated rings. The van der Waals surface area contributed by atoms with Crippen molar-refractivity contribution in [1.29, 1.82) is 0 Å². The Kier molecular flexibility index (Phi) is 5.53. The summed E-state index contributed by atoms with van der Waals surface area (Å²) in [7, 11) is 0. The van der Waals surface area contributed by atoms with Crippen molar-refractivity contribution >= 4 is 21.5 Å². The lowest BCUT2D eigenvalue weighted by Gasteiger charge is -2.18. The van der Waals surface area contributed by atoms with E-state index in [-0.39, 0.29) is 0 Å². The largest absolute Gasteiger partial charge is 0.265 e. The highest BCUT2D eigenvalue weighted by atomic mass is 14.6. The standard InChI is InChI=1S/C37H25N/c1-3-9-29(10-4-1)36-32-13-7-8-14-33(32)37(30-11-5-2-6-12-30)35-25-31(19-20-34(35)36)27-17-15-26(16-18-27)28-21-23-38-24-22-28/h1-25H. The lowest BCUT2D eigenvalue weighted by atomic mass is 9.85. The molecule has 1 heteroatoms. The van der Waals surface area contributed by atoms with Gasteiger partial charge < -0.3 is 0 Å². The van der Waals surface area contributed by atoms with Crippen LogP contribution >= 0.6 is 0 Å². The van der Waals surface area contributed by atoms with Crippen molar-refractivity contribution in [3.63, 3.8) is 0 Å². The second-order valence-electron chi connectivity index (χ2n) is 9.60. The van der Waals surface area contributed by atoms with Crippen molar-refractivity contribution in [3.05, 3.63) is 152 Å². The topological polar surface area (TPSA) is 12.9 Å². The zero-order chi connectivity index (χ0) is 25.3. The molecule has 1 aromatic heterocycles. The first-order valence-electron chi connectivity index (χ1n) is 13.0. The number of hydrogen-bond acceptors (Lipinski definition) is 1. The average Bonchev–Trinajstić information content (AvgIpc) is 3.01. The number of fused-ring (bicyclic) bond motifs is 2. The van der Waals surface area contributed by atoms with Gasteiger partial charge in [0.25, 0.3) is 0 Å². The van der Waals surface area contributed by atoms with E-state index in [4.69, 9.17) is 0 Å². The Morgan fingerprint density at radius 3 is 1.29 bits per heavy atom. The highest BCUT2D eigenvalue weighted by Crippen LogP contribution is 2.44. The van der Waals surface area contributed by atoms with Gasteiger partial charge in [-0.05, 0) is 84.3 Å². The molecule has 1 heterocycles. The van der Waals surface area contributed by atoms with Gasteiger partial charge >= 0.3 is 0 Å². The van der Waals surface area contributed by atoms with Crippen LogP contribution in [0.3, 0.4) is 0 Å². The second kappa shape index (κ2) is 9.46. The molecule has 0 radical (unpaired) electrons. The first kappa shape index (κ1) is 22.2. The lowest BCUT2D eigenvalue weighted by molar-refractivity contribution is 1.33. The van der Waals surface area contributed by atoms with Crippen LogP contribution in [0.15, 0.2) is 152 Å². The monoisotopic (exact) mass is 483 g/mol. The number of pyridine rings is 1. The molecule has 0 aliphatic rings. The molecule has 7 aromatic rings. The van der Waals surface area contributed by atoms with Crippen LogP contribution in [0.4, 0.5) is 0 Å². The Morgan fingerprint density at radius 1 is 0.289 bits per heavy atom. The zero-order valence-electron chi connectivity index (χ0n) is 20.9. The Morgan fingerprint density at radius 2 is 0.711 bits per heavy atom. The summed E-state index contributed by atoms with van der Waals surface area (Å²) in [6, 6.07) is 50.2. The fourth-order valence-electron chi connectivity index (χ4n) is 5.59. The molecule has 1 nitrogen and oxygen atoms in total. The molecule has 0 aliphatic heterocycles. The minimum absolute atomic E-state index is 1.18. The number of hydrogen-bond donors (Lipinski definition) is 0. The molecular formula is C37H25N. The molecule has 0 saturated carbocycles. The molecule has 0 saturated heterocycles. The van der Waals surface area contributed by atoms with Gasteiger partial charge in [0.2, 0.25) is 0 Å². The Hall–Kier alpha value is -5.01. The summed E-state index contributed by atoms with van der Waals surface area (Å²) in [5.41, 5.74) is 9.83. The summed E-state index contributed by atoms with van der Waals surface area (Å²) in [4.78, 5) is 4.15. The molecule has 0 N–H and O–H groups in total. The van der Waals surface area contributed by atoms with Gasteiger partial charge in [-0.15, -0.1) is 0 Å². The normalized spacial score (nSPS) is 11.2. The third-order valence-corrected chi connectivity index (χ3v) is 7.38. The van der Waals surface area contributed by atoms with E-state index in [1.54, 1.807) is 0 Å². The van der Waals surface area contributed by atoms with Crippen LogP contribution < -0.4 is 0 Å². The van der Waals surface area contributed by atoms with Crippen molar-refractivity contribution in [2.24, 2.45) is 0 Å². The van der Waals surface area contributed by atoms with Crippen molar-refractivity contribution in [3.8, 4) is 44.5 Å². The van der Waals surface area contributed by atoms with E-state index in [1.807, 2.05) is 24.5 Å². The summed E-state index contributed by atoms with van der Waals surface area (Å²) in [5, 5.41) is 5.09. The van der Waals surface area contributed by atoms with Gasteiger partial charge in [-0.2, -0.15) is 0 Å². The molecule has 38 heavy (non-hydrogen) atoms. The van der Waals surface area contributed by atoms with Gasteiger partial charge in [0.05, 0.1) is 0 Å². The fourth-order valence-corrected chi connectivity index (χ4v) is 5.59. The number of nitrogens with zero attached hydrogens (tertiary/aromatic N) is 1. The first-order chi connectivity index (χ1) is 18.9. The van der Waals surface area contributed by atoms with Crippen LogP contribution in [-0.4, -0.2) is 4.98 Å². The Labute approximate surface area is 222 Å². The van der Waals surface area contributed by atoms with Crippen LogP contribution in [0.1, 0.15) is 0 Å². The zero-order valence-corrected chi connectivity index (χ0v) is 20.9. The van der Waals surface area contributed by atoms with Gasteiger partial charge in [-0.3, -0.25) is 4.98 Å². The fraction of sp³-hybridized carbons (Fsp3) is 0. The summed E-state index contributed by atoms with van der Waals surface area (Å²) >= 11 is 0. The van der Waals surface area contributed by atoms with Crippen LogP contribution in [0.2, 0.25) is 0 Å². The van der Waals surface area contributed by atoms with Gasteiger partial charge in [-0.25, -0.2) is 0 Å². The summed E-state index contributed by atoms with van der Waals surface area (Å²) in [5.74, 6) is 0. The highest BCUT2D eigenvalue weighted by molar-refractivity contribution is 6.21. The minimum atomic E-state index is 1.18. The van der Waals surface area contributed by atoms with E-state index in [0.29, 0.717) is 0 Å². The molecular weight excluding hydrogens is 458 g/mol. The van der Waals surface area contributed by atoms with E-state index in [9.17, 15) is 0 Å². The van der Waals surface area contributed by atoms with Crippen molar-refractivity contribution in [1.82, 2.24) is 4.98 Å². The number of benzene rings is 6. The SMILES string of the molecule is c1ccc(-c2c3ccccc3c(-c3ccccc3)c3cc(-c4ccc(-c5ccncc5)cc4)ccc23)cc1. The van der Waals surface area contributed by atoms with Gasteiger partial charge in [0.1, 0.15) is 0 Å². The molecule has 0 bridgehead atoms. The first-order valence-corrected chi connectivity index (χ1v) is 13.0. The van der Waals surface area contributed by atoms with E-state index in [2.05, 4.69) is 132 Å². The highest BCUT2D eigenvalue weighted by Gasteiger charge is 2.17. The van der Waals surface area contributed by atoms with E-state index in [1.165, 1.54) is 66.1 Å². The van der Waals surface area contributed by atoms with Crippen LogP contribution in [-0.2, 0) is 0 Å². The predicted molar refractivity (Wildman–Crippen MR) is 161 cm³/mol. The van der Waals surface area contributed by atoms with Crippen LogP contribution in [0, 0.1) is 0 Å². The molecule has 6 aromatic carbocycles. The van der Waals surface area contributed by atoms with Crippen LogP contribution in [0.25, 0.3) is 66.1 Å². The molecule has 0 unspecified atom stereocenters. The third kappa shape index (κ3) is 3.86. The average molecular weight is 484 g/mol. The van der Waals surface area contributed by atoms with Crippen molar-refractivity contribution < 1.29 is 0 Å². The van der Waals surface area contributed by atoms with Crippen molar-refractivity contribution in [2.45, 2.75) is 0 Å². The minimum Gasteiger partial charge on any atom is -0.265 e. The molecule has 0 amide bonds. The summed E-state index contributed by atoms with van der Waals surface area (Å²) < 4.78 is 0. The Balaban J connectivity index is 1.50. The molecule has 0 aliphatic carbocycles. The lowest BCUT2D eigenvalue weighted by Crippen LogP contribution is -1.91. The maximum atomic E-state index is 4.15. The third-order valence-electron chi connectivity index (χ3n) is 7.38. The van der Waals surface area contributed by atoms with E-state index >= 15 is 0 Å². The number of aromatic nitrogens is 1. The molecule has 0 spiro atoms. The second-order valence-corrected chi connectivity index (χ2v) is 9.60. The maximum absolute atomic E-state index is 4.15. The summed E-state index contributed by atoms with van der Waals surface area (Å²) in [6.07, 6.45) is 3.68. The smallest absolute Gasteiger partial charge is 0.0273 e. The number of rotatable bonds is 4. The van der Waals surface area contributed by atoms with Crippen LogP contribution in [0.5, 0.6) is 0 Å². The quantitative estimate of drug-likeness (QED) is 0.227. The van der Waals surface area contributed by atoms with Crippen molar-refractivity contribution in [2.75, 3.05) is 0 Å². The molecule has 0 atom stereocenters. The predicted octanol–water partition coefficient (Wildman–Crippen LogP) is 10.1.